The first-order valence-electron chi connectivity index (χ1n) is 9.88. The van der Waals surface area contributed by atoms with Crippen LogP contribution in [-0.2, 0) is 0 Å². The molecule has 0 saturated carbocycles. The Bertz CT molecular complexity index is 799. The lowest BCUT2D eigenvalue weighted by atomic mass is 10.1. The van der Waals surface area contributed by atoms with Gasteiger partial charge >= 0.3 is 0 Å². The van der Waals surface area contributed by atoms with Gasteiger partial charge in [-0.25, -0.2) is 4.98 Å². The lowest BCUT2D eigenvalue weighted by Crippen LogP contribution is -2.49. The smallest absolute Gasteiger partial charge is 0.253 e. The summed E-state index contributed by atoms with van der Waals surface area (Å²) in [6, 6.07) is 12.8. The van der Waals surface area contributed by atoms with Gasteiger partial charge in [-0.3, -0.25) is 9.59 Å². The summed E-state index contributed by atoms with van der Waals surface area (Å²) in [4.78, 5) is 33.6. The van der Waals surface area contributed by atoms with Crippen LogP contribution in [0.25, 0.3) is 0 Å². The number of hydrogen-bond donors (Lipinski definition) is 1. The third-order valence-electron chi connectivity index (χ3n) is 4.92. The number of nitrogens with zero attached hydrogens (tertiary/aromatic N) is 3. The van der Waals surface area contributed by atoms with Crippen LogP contribution in [0.3, 0.4) is 0 Å². The van der Waals surface area contributed by atoms with E-state index in [1.54, 1.807) is 30.5 Å². The van der Waals surface area contributed by atoms with Gasteiger partial charge in [-0.2, -0.15) is 0 Å². The SMILES string of the molecule is CC(C)CCNC(=O)c1cccc(C(=O)N2CCN(c3ccccn3)CC2)c1. The van der Waals surface area contributed by atoms with E-state index < -0.39 is 0 Å². The number of amides is 2. The van der Waals surface area contributed by atoms with Crippen molar-refractivity contribution in [3.63, 3.8) is 0 Å². The number of benzene rings is 1. The standard InChI is InChI=1S/C22H28N4O2/c1-17(2)9-11-24-21(27)18-6-5-7-19(16-18)22(28)26-14-12-25(13-15-26)20-8-3-4-10-23-20/h3-8,10,16-17H,9,11-15H2,1-2H3,(H,24,27). The molecule has 28 heavy (non-hydrogen) atoms. The molecular formula is C22H28N4O2. The van der Waals surface area contributed by atoms with Crippen LogP contribution >= 0.6 is 0 Å². The zero-order valence-electron chi connectivity index (χ0n) is 16.6. The van der Waals surface area contributed by atoms with Crippen molar-refractivity contribution < 1.29 is 9.59 Å². The Hall–Kier alpha value is -2.89. The number of rotatable bonds is 6. The summed E-state index contributed by atoms with van der Waals surface area (Å²) >= 11 is 0. The number of nitrogens with one attached hydrogen (secondary N) is 1. The molecule has 6 heteroatoms. The molecule has 0 bridgehead atoms. The number of carbonyl (C=O) groups is 2. The predicted molar refractivity (Wildman–Crippen MR) is 111 cm³/mol. The first-order chi connectivity index (χ1) is 13.5. The van der Waals surface area contributed by atoms with Crippen molar-refractivity contribution >= 4 is 17.6 Å². The molecule has 1 fully saturated rings. The Kier molecular flexibility index (Phi) is 6.63. The van der Waals surface area contributed by atoms with E-state index in [4.69, 9.17) is 0 Å². The fraction of sp³-hybridized carbons (Fsp3) is 0.409. The second kappa shape index (κ2) is 9.35. The minimum atomic E-state index is -0.129. The molecule has 6 nitrogen and oxygen atoms in total. The van der Waals surface area contributed by atoms with E-state index in [0.717, 1.165) is 25.3 Å². The van der Waals surface area contributed by atoms with Crippen molar-refractivity contribution in [2.75, 3.05) is 37.6 Å². The Morgan fingerprint density at radius 1 is 1.04 bits per heavy atom. The average molecular weight is 380 g/mol. The number of hydrogen-bond acceptors (Lipinski definition) is 4. The van der Waals surface area contributed by atoms with Gasteiger partial charge in [-0.15, -0.1) is 0 Å². The molecular weight excluding hydrogens is 352 g/mol. The summed E-state index contributed by atoms with van der Waals surface area (Å²) in [7, 11) is 0. The molecule has 0 spiro atoms. The Morgan fingerprint density at radius 3 is 2.46 bits per heavy atom. The maximum Gasteiger partial charge on any atom is 0.253 e. The Balaban J connectivity index is 1.58. The molecule has 1 aromatic heterocycles. The molecule has 0 unspecified atom stereocenters. The van der Waals surface area contributed by atoms with Gasteiger partial charge in [0.15, 0.2) is 0 Å². The molecule has 148 valence electrons. The van der Waals surface area contributed by atoms with Crippen LogP contribution in [0.15, 0.2) is 48.7 Å². The van der Waals surface area contributed by atoms with Gasteiger partial charge in [0.05, 0.1) is 0 Å². The Labute approximate surface area is 166 Å². The molecule has 1 aliphatic rings. The molecule has 1 N–H and O–H groups in total. The highest BCUT2D eigenvalue weighted by Crippen LogP contribution is 2.15. The van der Waals surface area contributed by atoms with E-state index in [9.17, 15) is 9.59 Å². The highest BCUT2D eigenvalue weighted by molar-refractivity contribution is 5.99. The van der Waals surface area contributed by atoms with E-state index in [-0.39, 0.29) is 11.8 Å². The van der Waals surface area contributed by atoms with Gasteiger partial charge in [-0.1, -0.05) is 26.0 Å². The lowest BCUT2D eigenvalue weighted by Gasteiger charge is -2.35. The number of pyridine rings is 1. The molecule has 2 amide bonds. The average Bonchev–Trinajstić information content (AvgIpc) is 2.74. The highest BCUT2D eigenvalue weighted by Gasteiger charge is 2.23. The van der Waals surface area contributed by atoms with Crippen LogP contribution in [0.4, 0.5) is 5.82 Å². The molecule has 0 radical (unpaired) electrons. The minimum absolute atomic E-state index is 0.0301. The number of piperazine rings is 1. The molecule has 2 aromatic rings. The zero-order chi connectivity index (χ0) is 19.9. The van der Waals surface area contributed by atoms with E-state index in [1.807, 2.05) is 23.1 Å². The first-order valence-corrected chi connectivity index (χ1v) is 9.88. The number of aromatic nitrogens is 1. The van der Waals surface area contributed by atoms with Crippen LogP contribution in [-0.4, -0.2) is 54.4 Å². The third-order valence-corrected chi connectivity index (χ3v) is 4.92. The summed E-state index contributed by atoms with van der Waals surface area (Å²) in [6.07, 6.45) is 2.72. The van der Waals surface area contributed by atoms with Gasteiger partial charge in [0, 0.05) is 50.0 Å². The van der Waals surface area contributed by atoms with Gasteiger partial charge in [0.1, 0.15) is 5.82 Å². The molecule has 3 rings (SSSR count). The summed E-state index contributed by atoms with van der Waals surface area (Å²) in [5.41, 5.74) is 1.09. The largest absolute Gasteiger partial charge is 0.353 e. The molecule has 0 aliphatic carbocycles. The van der Waals surface area contributed by atoms with Crippen molar-refractivity contribution in [1.29, 1.82) is 0 Å². The van der Waals surface area contributed by atoms with Crippen LogP contribution in [0.5, 0.6) is 0 Å². The topological polar surface area (TPSA) is 65.5 Å². The predicted octanol–water partition coefficient (Wildman–Crippen LogP) is 2.82. The Morgan fingerprint density at radius 2 is 1.79 bits per heavy atom. The molecule has 0 atom stereocenters. The summed E-state index contributed by atoms with van der Waals surface area (Å²) in [5, 5.41) is 2.92. The van der Waals surface area contributed by atoms with Crippen LogP contribution in [0.1, 0.15) is 41.0 Å². The maximum absolute atomic E-state index is 12.9. The van der Waals surface area contributed by atoms with Gasteiger partial charge in [0.2, 0.25) is 0 Å². The lowest BCUT2D eigenvalue weighted by molar-refractivity contribution is 0.0746. The van der Waals surface area contributed by atoms with Crippen molar-refractivity contribution in [3.8, 4) is 0 Å². The van der Waals surface area contributed by atoms with E-state index in [0.29, 0.717) is 36.7 Å². The second-order valence-electron chi connectivity index (χ2n) is 7.49. The number of anilines is 1. The van der Waals surface area contributed by atoms with E-state index in [2.05, 4.69) is 29.0 Å². The van der Waals surface area contributed by atoms with Gasteiger partial charge in [0.25, 0.3) is 11.8 Å². The van der Waals surface area contributed by atoms with Crippen LogP contribution < -0.4 is 10.2 Å². The summed E-state index contributed by atoms with van der Waals surface area (Å²) in [5.74, 6) is 1.32. The van der Waals surface area contributed by atoms with Crippen molar-refractivity contribution in [3.05, 3.63) is 59.8 Å². The minimum Gasteiger partial charge on any atom is -0.353 e. The summed E-state index contributed by atoms with van der Waals surface area (Å²) < 4.78 is 0. The fourth-order valence-electron chi connectivity index (χ4n) is 3.23. The normalized spacial score (nSPS) is 14.2. The fourth-order valence-corrected chi connectivity index (χ4v) is 3.23. The highest BCUT2D eigenvalue weighted by atomic mass is 16.2. The van der Waals surface area contributed by atoms with Crippen molar-refractivity contribution in [1.82, 2.24) is 15.2 Å². The van der Waals surface area contributed by atoms with Gasteiger partial charge in [-0.05, 0) is 42.7 Å². The molecule has 1 saturated heterocycles. The first kappa shape index (κ1) is 19.9. The molecule has 2 heterocycles. The van der Waals surface area contributed by atoms with E-state index >= 15 is 0 Å². The number of carbonyl (C=O) groups excluding carboxylic acids is 2. The second-order valence-corrected chi connectivity index (χ2v) is 7.49. The maximum atomic E-state index is 12.9. The quantitative estimate of drug-likeness (QED) is 0.837. The monoisotopic (exact) mass is 380 g/mol. The van der Waals surface area contributed by atoms with Crippen LogP contribution in [0, 0.1) is 5.92 Å². The van der Waals surface area contributed by atoms with Crippen LogP contribution in [0.2, 0.25) is 0 Å². The molecule has 1 aromatic carbocycles. The third kappa shape index (κ3) is 5.09. The van der Waals surface area contributed by atoms with Crippen molar-refractivity contribution in [2.45, 2.75) is 20.3 Å². The summed E-state index contributed by atoms with van der Waals surface area (Å²) in [6.45, 7) is 7.67. The van der Waals surface area contributed by atoms with Gasteiger partial charge < -0.3 is 15.1 Å². The zero-order valence-corrected chi connectivity index (χ0v) is 16.6. The van der Waals surface area contributed by atoms with Crippen molar-refractivity contribution in [2.24, 2.45) is 5.92 Å². The molecule has 1 aliphatic heterocycles. The van der Waals surface area contributed by atoms with E-state index in [1.165, 1.54) is 0 Å².